The number of benzene rings is 2. The number of nitrogens with zero attached hydrogens (tertiary/aromatic N) is 6. The van der Waals surface area contributed by atoms with Gasteiger partial charge in [-0.2, -0.15) is 5.26 Å². The molecule has 17 heteroatoms. The quantitative estimate of drug-likeness (QED) is 0.0967. The van der Waals surface area contributed by atoms with Crippen LogP contribution >= 0.6 is 22.9 Å². The van der Waals surface area contributed by atoms with Crippen LogP contribution in [0.3, 0.4) is 0 Å². The predicted octanol–water partition coefficient (Wildman–Crippen LogP) is 6.92. The summed E-state index contributed by atoms with van der Waals surface area (Å²) in [5.74, 6) is 0.172. The highest BCUT2D eigenvalue weighted by atomic mass is 35.5. The third-order valence-corrected chi connectivity index (χ3v) is 15.4. The number of nitrogens with one attached hydrogen (secondary N) is 3. The number of aryl methyl sites for hydroxylation is 1. The lowest BCUT2D eigenvalue weighted by Crippen LogP contribution is -2.74. The van der Waals surface area contributed by atoms with Gasteiger partial charge < -0.3 is 35.6 Å². The minimum Gasteiger partial charge on any atom is -0.489 e. The first-order chi connectivity index (χ1) is 32.6. The fourth-order valence-corrected chi connectivity index (χ4v) is 11.5. The van der Waals surface area contributed by atoms with Gasteiger partial charge in [0.25, 0.3) is 5.91 Å². The zero-order valence-corrected chi connectivity index (χ0v) is 42.7. The lowest BCUT2D eigenvalue weighted by atomic mass is 9.49. The molecule has 0 unspecified atom stereocenters. The number of carbonyl (C=O) groups excluding carboxylic acids is 4. The van der Waals surface area contributed by atoms with Crippen LogP contribution in [0.15, 0.2) is 66.3 Å². The van der Waals surface area contributed by atoms with E-state index in [-0.39, 0.29) is 61.2 Å². The van der Waals surface area contributed by atoms with E-state index in [1.165, 1.54) is 4.90 Å². The van der Waals surface area contributed by atoms with Crippen molar-refractivity contribution in [3.05, 3.63) is 93.7 Å². The zero-order chi connectivity index (χ0) is 50.0. The number of β-amino-alcohol motifs (C(OH)–C–C–N with tert-alkyl or cyclic N) is 1. The topological polar surface area (TPSA) is 193 Å². The number of hydrogen-bond donors (Lipinski definition) is 4. The molecule has 15 nitrogen and oxygen atoms in total. The van der Waals surface area contributed by atoms with Crippen LogP contribution in [0.5, 0.6) is 5.75 Å². The molecule has 2 aliphatic heterocycles. The number of amides is 4. The normalized spacial score (nSPS) is 21.9. The van der Waals surface area contributed by atoms with Gasteiger partial charge in [-0.05, 0) is 67.6 Å². The Morgan fingerprint density at radius 3 is 2.28 bits per heavy atom. The van der Waals surface area contributed by atoms with Crippen molar-refractivity contribution >= 4 is 52.4 Å². The molecule has 2 saturated heterocycles. The number of aliphatic hydroxyl groups excluding tert-OH is 1. The number of nitriles is 1. The molecule has 4 heterocycles. The van der Waals surface area contributed by atoms with Gasteiger partial charge in [-0.1, -0.05) is 84.3 Å². The van der Waals surface area contributed by atoms with E-state index >= 15 is 0 Å². The maximum absolute atomic E-state index is 14.2. The zero-order valence-electron chi connectivity index (χ0n) is 41.1. The number of aromatic nitrogens is 2. The van der Waals surface area contributed by atoms with Gasteiger partial charge in [0.15, 0.2) is 0 Å². The average Bonchev–Trinajstić information content (AvgIpc) is 3.93. The van der Waals surface area contributed by atoms with Gasteiger partial charge in [0.2, 0.25) is 17.7 Å². The van der Waals surface area contributed by atoms with Crippen molar-refractivity contribution in [2.75, 3.05) is 44.2 Å². The smallest absolute Gasteiger partial charge is 0.253 e. The monoisotopic (exact) mass is 979 g/mol. The first-order valence-electron chi connectivity index (χ1n) is 23.8. The molecule has 0 radical (unpaired) electrons. The third kappa shape index (κ3) is 11.4. The number of hydrogen-bond acceptors (Lipinski definition) is 12. The summed E-state index contributed by atoms with van der Waals surface area (Å²) in [7, 11) is 0. The number of rotatable bonds is 15. The second kappa shape index (κ2) is 20.8. The Balaban J connectivity index is 0.850. The van der Waals surface area contributed by atoms with Crippen LogP contribution in [-0.4, -0.2) is 118 Å². The molecule has 0 bridgehead atoms. The van der Waals surface area contributed by atoms with Crippen molar-refractivity contribution in [2.45, 2.75) is 118 Å². The van der Waals surface area contributed by atoms with Crippen LogP contribution in [0, 0.1) is 34.5 Å². The molecule has 7 rings (SSSR count). The minimum atomic E-state index is -0.898. The maximum atomic E-state index is 14.2. The standard InChI is InChI=1S/C52H66ClN9O6S/c1-31(33-12-14-34(15-13-33)43-32(2)56-30-69-43)57-46(66)40-25-37(63)29-62(40)47(67)44(50(3,4)5)58-42(64)11-10-20-60-21-23-61(24-22-60)41-19-17-36(28-55-41)45(65)59-48-51(6,7)49(52(48,8)9)68-38-18-16-35(27-54)39(53)26-38/h12-19,26,28,30-31,37,40,44,48-49,63H,10-11,20-25,29H2,1-9H3,(H,57,66)(H,58,64)(H,59,65)/t31-,37+,40-,44+,48?,49?/m0/s1. The van der Waals surface area contributed by atoms with Crippen LogP contribution in [0.2, 0.25) is 5.02 Å². The summed E-state index contributed by atoms with van der Waals surface area (Å²) >= 11 is 7.84. The first kappa shape index (κ1) is 51.3. The van der Waals surface area contributed by atoms with Crippen LogP contribution in [0.25, 0.3) is 10.4 Å². The highest BCUT2D eigenvalue weighted by molar-refractivity contribution is 7.13. The Morgan fingerprint density at radius 2 is 1.68 bits per heavy atom. The van der Waals surface area contributed by atoms with Gasteiger partial charge in [-0.25, -0.2) is 9.97 Å². The Morgan fingerprint density at radius 1 is 0.986 bits per heavy atom. The number of halogens is 1. The van der Waals surface area contributed by atoms with E-state index < -0.39 is 34.4 Å². The van der Waals surface area contributed by atoms with Crippen molar-refractivity contribution in [2.24, 2.45) is 16.2 Å². The lowest BCUT2D eigenvalue weighted by molar-refractivity contribution is -0.164. The van der Waals surface area contributed by atoms with E-state index in [1.807, 2.05) is 70.5 Å². The Labute approximate surface area is 415 Å². The molecule has 4 amide bonds. The molecule has 0 spiro atoms. The number of likely N-dealkylation sites (tertiary alicyclic amines) is 1. The molecule has 1 aliphatic carbocycles. The molecule has 368 valence electrons. The van der Waals surface area contributed by atoms with Crippen molar-refractivity contribution < 1.29 is 29.0 Å². The first-order valence-corrected chi connectivity index (χ1v) is 25.0. The number of pyridine rings is 1. The number of ether oxygens (including phenoxy) is 1. The Hall–Kier alpha value is -5.60. The Kier molecular flexibility index (Phi) is 15.4. The van der Waals surface area contributed by atoms with Gasteiger partial charge in [0.05, 0.1) is 44.4 Å². The molecule has 2 aromatic heterocycles. The van der Waals surface area contributed by atoms with Crippen molar-refractivity contribution in [3.63, 3.8) is 0 Å². The van der Waals surface area contributed by atoms with Gasteiger partial charge in [0.1, 0.15) is 35.8 Å². The van der Waals surface area contributed by atoms with E-state index in [0.717, 1.165) is 53.7 Å². The summed E-state index contributed by atoms with van der Waals surface area (Å²) in [6.45, 7) is 21.5. The van der Waals surface area contributed by atoms with Gasteiger partial charge >= 0.3 is 0 Å². The second-order valence-electron chi connectivity index (χ2n) is 21.0. The molecular formula is C52H66ClN9O6S. The number of carbonyl (C=O) groups is 4. The van der Waals surface area contributed by atoms with Crippen LogP contribution in [0.4, 0.5) is 5.82 Å². The minimum absolute atomic E-state index is 0.00609. The van der Waals surface area contributed by atoms with Gasteiger partial charge in [-0.3, -0.25) is 24.1 Å². The van der Waals surface area contributed by atoms with E-state index in [9.17, 15) is 29.5 Å². The summed E-state index contributed by atoms with van der Waals surface area (Å²) in [4.78, 5) is 70.9. The van der Waals surface area contributed by atoms with E-state index in [1.54, 1.807) is 41.8 Å². The molecule has 2 aromatic carbocycles. The molecule has 4 aromatic rings. The highest BCUT2D eigenvalue weighted by Gasteiger charge is 2.64. The summed E-state index contributed by atoms with van der Waals surface area (Å²) in [5, 5.41) is 29.5. The van der Waals surface area contributed by atoms with Gasteiger partial charge in [0, 0.05) is 74.7 Å². The average molecular weight is 981 g/mol. The lowest BCUT2D eigenvalue weighted by Gasteiger charge is -2.63. The van der Waals surface area contributed by atoms with E-state index in [0.29, 0.717) is 34.9 Å². The largest absolute Gasteiger partial charge is 0.489 e. The summed E-state index contributed by atoms with van der Waals surface area (Å²) in [5.41, 5.74) is 4.15. The molecule has 3 fully saturated rings. The Bertz CT molecular complexity index is 2530. The fourth-order valence-electron chi connectivity index (χ4n) is 10.4. The number of thiazole rings is 1. The molecular weight excluding hydrogens is 914 g/mol. The van der Waals surface area contributed by atoms with Gasteiger partial charge in [-0.15, -0.1) is 11.3 Å². The fraction of sp³-hybridized carbons (Fsp3) is 0.519. The summed E-state index contributed by atoms with van der Waals surface area (Å²) in [6, 6.07) is 16.5. The van der Waals surface area contributed by atoms with Crippen molar-refractivity contribution in [1.29, 1.82) is 5.26 Å². The predicted molar refractivity (Wildman–Crippen MR) is 268 cm³/mol. The second-order valence-corrected chi connectivity index (χ2v) is 22.3. The number of aliphatic hydroxyl groups is 1. The number of anilines is 1. The summed E-state index contributed by atoms with van der Waals surface area (Å²) < 4.78 is 6.37. The molecule has 4 N–H and O–H groups in total. The SMILES string of the molecule is Cc1ncsc1-c1ccc([C@H](C)NC(=O)[C@@H]2C[C@@H](O)CN2C(=O)[C@@H](NC(=O)CCCN2CCN(c3ccc(C(=O)NC4C(C)(C)C(Oc5ccc(C#N)c(Cl)c5)C4(C)C)cn3)CC2)C(C)(C)C)cc1. The van der Waals surface area contributed by atoms with Crippen molar-refractivity contribution in [1.82, 2.24) is 35.7 Å². The van der Waals surface area contributed by atoms with E-state index in [4.69, 9.17) is 16.3 Å². The number of piperazine rings is 1. The summed E-state index contributed by atoms with van der Waals surface area (Å²) in [6.07, 6.45) is 1.47. The molecule has 4 atom stereocenters. The molecule has 69 heavy (non-hydrogen) atoms. The third-order valence-electron chi connectivity index (χ3n) is 14.1. The molecule has 1 saturated carbocycles. The highest BCUT2D eigenvalue weighted by Crippen LogP contribution is 2.55. The van der Waals surface area contributed by atoms with Crippen LogP contribution < -0.4 is 25.6 Å². The molecule has 3 aliphatic rings. The van der Waals surface area contributed by atoms with E-state index in [2.05, 4.69) is 69.5 Å². The van der Waals surface area contributed by atoms with Crippen molar-refractivity contribution in [3.8, 4) is 22.3 Å². The van der Waals surface area contributed by atoms with Crippen LogP contribution in [0.1, 0.15) is 108 Å². The maximum Gasteiger partial charge on any atom is 0.253 e. The van der Waals surface area contributed by atoms with Crippen LogP contribution in [-0.2, 0) is 14.4 Å².